The normalized spacial score (nSPS) is 23.1. The fourth-order valence-corrected chi connectivity index (χ4v) is 4.14. The zero-order chi connectivity index (χ0) is 25.9. The molecule has 1 aliphatic heterocycles. The minimum absolute atomic E-state index is 0.136. The van der Waals surface area contributed by atoms with Crippen LogP contribution in [0.5, 0.6) is 0 Å². The minimum atomic E-state index is -0.989. The molecule has 1 fully saturated rings. The zero-order valence-electron chi connectivity index (χ0n) is 20.5. The molecule has 9 nitrogen and oxygen atoms in total. The molecule has 0 amide bonds. The van der Waals surface area contributed by atoms with Crippen molar-refractivity contribution in [2.45, 2.75) is 43.9 Å². The van der Waals surface area contributed by atoms with Crippen LogP contribution in [0.3, 0.4) is 0 Å². The Kier molecular flexibility index (Phi) is 9.65. The highest BCUT2D eigenvalue weighted by atomic mass is 16.7. The maximum absolute atomic E-state index is 13.1. The van der Waals surface area contributed by atoms with Gasteiger partial charge in [-0.05, 0) is 28.8 Å². The van der Waals surface area contributed by atoms with E-state index < -0.39 is 36.6 Å². The molecule has 9 heteroatoms. The average Bonchev–Trinajstić information content (AvgIpc) is 2.95. The van der Waals surface area contributed by atoms with Crippen LogP contribution < -0.4 is 0 Å². The summed E-state index contributed by atoms with van der Waals surface area (Å²) >= 11 is 0. The Balaban J connectivity index is 1.59. The molecule has 0 radical (unpaired) electrons. The van der Waals surface area contributed by atoms with Crippen molar-refractivity contribution in [3.63, 3.8) is 0 Å². The smallest absolute Gasteiger partial charge is 0.338 e. The van der Waals surface area contributed by atoms with Gasteiger partial charge in [0.2, 0.25) is 0 Å². The first-order valence-electron chi connectivity index (χ1n) is 11.9. The van der Waals surface area contributed by atoms with Crippen LogP contribution in [0.25, 0.3) is 10.4 Å². The van der Waals surface area contributed by atoms with Crippen LogP contribution in [0.15, 0.2) is 96.1 Å². The first-order valence-corrected chi connectivity index (χ1v) is 11.9. The van der Waals surface area contributed by atoms with Crippen molar-refractivity contribution in [1.82, 2.24) is 0 Å². The molecule has 0 unspecified atom stereocenters. The van der Waals surface area contributed by atoms with E-state index in [4.69, 9.17) is 23.7 Å². The fraction of sp³-hybridized carbons (Fsp3) is 0.321. The van der Waals surface area contributed by atoms with Gasteiger partial charge in [0.05, 0.1) is 25.4 Å². The van der Waals surface area contributed by atoms with E-state index in [-0.39, 0.29) is 13.2 Å². The lowest BCUT2D eigenvalue weighted by Gasteiger charge is -2.43. The van der Waals surface area contributed by atoms with Gasteiger partial charge in [0.25, 0.3) is 0 Å². The number of esters is 1. The van der Waals surface area contributed by atoms with Crippen molar-refractivity contribution in [2.24, 2.45) is 5.11 Å². The summed E-state index contributed by atoms with van der Waals surface area (Å²) in [5.41, 5.74) is 11.6. The Labute approximate surface area is 215 Å². The third-order valence-corrected chi connectivity index (χ3v) is 5.96. The molecule has 37 heavy (non-hydrogen) atoms. The molecule has 1 saturated heterocycles. The second kappa shape index (κ2) is 13.5. The van der Waals surface area contributed by atoms with Crippen LogP contribution in [0.4, 0.5) is 0 Å². The van der Waals surface area contributed by atoms with Crippen molar-refractivity contribution >= 4 is 5.97 Å². The van der Waals surface area contributed by atoms with Crippen molar-refractivity contribution < 1.29 is 28.5 Å². The van der Waals surface area contributed by atoms with Crippen LogP contribution in [0.2, 0.25) is 0 Å². The van der Waals surface area contributed by atoms with E-state index in [9.17, 15) is 10.3 Å². The molecule has 192 valence electrons. The summed E-state index contributed by atoms with van der Waals surface area (Å²) in [6.45, 7) is 0.721. The summed E-state index contributed by atoms with van der Waals surface area (Å²) in [5.74, 6) is -0.572. The largest absolute Gasteiger partial charge is 0.455 e. The summed E-state index contributed by atoms with van der Waals surface area (Å²) < 4.78 is 29.8. The second-order valence-electron chi connectivity index (χ2n) is 8.47. The molecule has 3 aromatic rings. The van der Waals surface area contributed by atoms with Crippen LogP contribution in [-0.4, -0.2) is 50.3 Å². The van der Waals surface area contributed by atoms with Crippen LogP contribution in [-0.2, 0) is 36.9 Å². The molecule has 0 bridgehead atoms. The highest BCUT2D eigenvalue weighted by Crippen LogP contribution is 2.30. The van der Waals surface area contributed by atoms with Crippen molar-refractivity contribution in [3.05, 3.63) is 118 Å². The number of hydrogen-bond acceptors (Lipinski definition) is 7. The number of carbonyl (C=O) groups is 1. The third kappa shape index (κ3) is 7.16. The van der Waals surface area contributed by atoms with Gasteiger partial charge >= 0.3 is 5.97 Å². The first kappa shape index (κ1) is 26.3. The highest BCUT2D eigenvalue weighted by molar-refractivity contribution is 5.89. The number of rotatable bonds is 11. The Morgan fingerprint density at radius 1 is 0.892 bits per heavy atom. The summed E-state index contributed by atoms with van der Waals surface area (Å²) in [4.78, 5) is 16.0. The van der Waals surface area contributed by atoms with Gasteiger partial charge in [0.15, 0.2) is 6.29 Å². The lowest BCUT2D eigenvalue weighted by atomic mass is 9.96. The molecule has 1 heterocycles. The molecule has 1 aliphatic rings. The monoisotopic (exact) mass is 503 g/mol. The Hall–Kier alpha value is -3.72. The van der Waals surface area contributed by atoms with Crippen molar-refractivity contribution in [3.8, 4) is 0 Å². The predicted octanol–water partition coefficient (Wildman–Crippen LogP) is 5.06. The molecule has 0 aliphatic carbocycles. The number of benzene rings is 3. The molecular formula is C28H29N3O6. The van der Waals surface area contributed by atoms with E-state index in [2.05, 4.69) is 10.0 Å². The van der Waals surface area contributed by atoms with E-state index in [1.807, 2.05) is 60.7 Å². The Bertz CT molecular complexity index is 1160. The molecule has 0 aromatic heterocycles. The average molecular weight is 504 g/mol. The van der Waals surface area contributed by atoms with Crippen LogP contribution >= 0.6 is 0 Å². The lowest BCUT2D eigenvalue weighted by molar-refractivity contribution is -0.271. The topological polar surface area (TPSA) is 112 Å². The van der Waals surface area contributed by atoms with Crippen LogP contribution in [0.1, 0.15) is 21.5 Å². The molecule has 0 saturated carbocycles. The van der Waals surface area contributed by atoms with Gasteiger partial charge < -0.3 is 23.7 Å². The number of carbonyl (C=O) groups excluding carboxylic acids is 1. The van der Waals surface area contributed by atoms with Crippen LogP contribution in [0, 0.1) is 0 Å². The Morgan fingerprint density at radius 2 is 1.49 bits per heavy atom. The van der Waals surface area contributed by atoms with Gasteiger partial charge in [-0.25, -0.2) is 4.79 Å². The second-order valence-corrected chi connectivity index (χ2v) is 8.47. The molecule has 0 N–H and O–H groups in total. The summed E-state index contributed by atoms with van der Waals surface area (Å²) in [6.07, 6.45) is -3.43. The number of nitrogens with zero attached hydrogens (tertiary/aromatic N) is 3. The number of methoxy groups -OCH3 is 1. The number of hydrogen-bond donors (Lipinski definition) is 0. The van der Waals surface area contributed by atoms with Gasteiger partial charge in [0, 0.05) is 12.0 Å². The van der Waals surface area contributed by atoms with E-state index in [1.54, 1.807) is 30.3 Å². The zero-order valence-corrected chi connectivity index (χ0v) is 20.5. The van der Waals surface area contributed by atoms with Crippen molar-refractivity contribution in [1.29, 1.82) is 0 Å². The maximum Gasteiger partial charge on any atom is 0.338 e. The van der Waals surface area contributed by atoms with Gasteiger partial charge in [-0.3, -0.25) is 0 Å². The fourth-order valence-electron chi connectivity index (χ4n) is 4.14. The summed E-state index contributed by atoms with van der Waals surface area (Å²) in [7, 11) is 1.44. The van der Waals surface area contributed by atoms with Gasteiger partial charge in [-0.2, -0.15) is 0 Å². The van der Waals surface area contributed by atoms with Gasteiger partial charge in [-0.1, -0.05) is 84.0 Å². The molecule has 0 spiro atoms. The van der Waals surface area contributed by atoms with Crippen molar-refractivity contribution in [2.75, 3.05) is 13.7 Å². The first-order chi connectivity index (χ1) is 18.2. The minimum Gasteiger partial charge on any atom is -0.455 e. The van der Waals surface area contributed by atoms with Gasteiger partial charge in [-0.15, -0.1) is 0 Å². The molecule has 5 atom stereocenters. The lowest BCUT2D eigenvalue weighted by Crippen LogP contribution is -2.60. The summed E-state index contributed by atoms with van der Waals surface area (Å²) in [6, 6.07) is 26.9. The standard InChI is InChI=1S/C28H29N3O6/c1-33-28-24(30-31-29)26(37-27(32)22-15-9-4-10-16-22)25(35-18-21-13-7-3-8-14-21)23(36-28)19-34-17-20-11-5-2-6-12-20/h2-16,23-26,28H,17-19H2,1H3/t23-,24+,25-,26-,28+/m1/s1. The Morgan fingerprint density at radius 3 is 2.08 bits per heavy atom. The van der Waals surface area contributed by atoms with E-state index in [1.165, 1.54) is 7.11 Å². The highest BCUT2D eigenvalue weighted by Gasteiger charge is 2.49. The number of ether oxygens (including phenoxy) is 5. The molecule has 4 rings (SSSR count). The van der Waals surface area contributed by atoms with E-state index >= 15 is 0 Å². The molecule has 3 aromatic carbocycles. The number of azide groups is 1. The quantitative estimate of drug-likeness (QED) is 0.156. The SMILES string of the molecule is CO[C@H]1O[C@H](COCc2ccccc2)[C@@H](OCc2ccccc2)[C@H](OC(=O)c2ccccc2)[C@@H]1N=[N+]=[N-]. The molecular weight excluding hydrogens is 474 g/mol. The summed E-state index contributed by atoms with van der Waals surface area (Å²) in [5, 5.41) is 3.86. The maximum atomic E-state index is 13.1. The van der Waals surface area contributed by atoms with E-state index in [0.29, 0.717) is 12.2 Å². The third-order valence-electron chi connectivity index (χ3n) is 5.96. The van der Waals surface area contributed by atoms with Gasteiger partial charge in [0.1, 0.15) is 24.4 Å². The predicted molar refractivity (Wildman–Crippen MR) is 135 cm³/mol. The van der Waals surface area contributed by atoms with E-state index in [0.717, 1.165) is 11.1 Å².